The molecule has 0 spiro atoms. The van der Waals surface area contributed by atoms with Crippen molar-refractivity contribution in [3.63, 3.8) is 0 Å². The second-order valence-corrected chi connectivity index (χ2v) is 5.26. The van der Waals surface area contributed by atoms with E-state index in [0.717, 1.165) is 13.1 Å². The average Bonchev–Trinajstić information content (AvgIpc) is 2.45. The van der Waals surface area contributed by atoms with E-state index in [1.807, 2.05) is 25.1 Å². The predicted octanol–water partition coefficient (Wildman–Crippen LogP) is 1.99. The molecule has 6 heteroatoms. The number of hydrogen-bond acceptors (Lipinski definition) is 5. The first-order valence-corrected chi connectivity index (χ1v) is 6.93. The van der Waals surface area contributed by atoms with E-state index in [2.05, 4.69) is 17.0 Å². The molecule has 0 heterocycles. The second kappa shape index (κ2) is 8.19. The van der Waals surface area contributed by atoms with E-state index in [1.165, 1.54) is 18.3 Å². The van der Waals surface area contributed by atoms with Gasteiger partial charge in [0.15, 0.2) is 0 Å². The van der Waals surface area contributed by atoms with Crippen LogP contribution in [-0.2, 0) is 0 Å². The first kappa shape index (κ1) is 17.7. The average molecular weight is 305 g/mol. The number of aliphatic imine (C=N–C) groups is 1. The van der Waals surface area contributed by atoms with Gasteiger partial charge in [0.1, 0.15) is 5.82 Å². The number of benzene rings is 1. The lowest BCUT2D eigenvalue weighted by Gasteiger charge is -2.13. The number of allylic oxidation sites excluding steroid dienone is 1. The standard InChI is InChI=1S/C16H24FN5/c1-11(16(19)15(18)10-20-2)12-7-13(17)9-14(8-12)21-5-6-22(3)4/h7-10,21H,2,5-6,18-19H2,1,3-4H3/b15-10+,16-11-. The molecule has 0 radical (unpaired) electrons. The van der Waals surface area contributed by atoms with Gasteiger partial charge in [0.05, 0.1) is 17.6 Å². The number of rotatable bonds is 7. The second-order valence-electron chi connectivity index (χ2n) is 5.26. The minimum atomic E-state index is -0.332. The Morgan fingerprint density at radius 2 is 2.05 bits per heavy atom. The summed E-state index contributed by atoms with van der Waals surface area (Å²) < 4.78 is 13.8. The number of nitrogens with one attached hydrogen (secondary N) is 1. The van der Waals surface area contributed by atoms with Gasteiger partial charge in [0.25, 0.3) is 0 Å². The van der Waals surface area contributed by atoms with Crippen LogP contribution in [0.2, 0.25) is 0 Å². The van der Waals surface area contributed by atoms with Crippen LogP contribution < -0.4 is 16.8 Å². The highest BCUT2D eigenvalue weighted by Crippen LogP contribution is 2.23. The summed E-state index contributed by atoms with van der Waals surface area (Å²) >= 11 is 0. The van der Waals surface area contributed by atoms with Gasteiger partial charge in [-0.15, -0.1) is 0 Å². The molecule has 0 amide bonds. The van der Waals surface area contributed by atoms with Gasteiger partial charge in [-0.2, -0.15) is 0 Å². The first-order chi connectivity index (χ1) is 10.3. The molecule has 0 fully saturated rings. The minimum Gasteiger partial charge on any atom is -0.397 e. The lowest BCUT2D eigenvalue weighted by atomic mass is 10.0. The number of nitrogens with zero attached hydrogens (tertiary/aromatic N) is 2. The van der Waals surface area contributed by atoms with Crippen molar-refractivity contribution in [1.29, 1.82) is 0 Å². The van der Waals surface area contributed by atoms with Crippen LogP contribution in [0, 0.1) is 5.82 Å². The molecule has 0 bridgehead atoms. The van der Waals surface area contributed by atoms with E-state index >= 15 is 0 Å². The van der Waals surface area contributed by atoms with E-state index in [0.29, 0.717) is 28.2 Å². The quantitative estimate of drug-likeness (QED) is 0.532. The molecular formula is C16H24FN5. The Balaban J connectivity index is 3.04. The Kier molecular flexibility index (Phi) is 6.59. The van der Waals surface area contributed by atoms with E-state index in [-0.39, 0.29) is 5.82 Å². The minimum absolute atomic E-state index is 0.305. The molecule has 22 heavy (non-hydrogen) atoms. The number of nitrogens with two attached hydrogens (primary N) is 2. The molecule has 5 nitrogen and oxygen atoms in total. The Bertz CT molecular complexity index is 590. The van der Waals surface area contributed by atoms with Gasteiger partial charge in [0, 0.05) is 18.8 Å². The third-order valence-electron chi connectivity index (χ3n) is 3.16. The molecular weight excluding hydrogens is 281 g/mol. The molecule has 0 aromatic heterocycles. The summed E-state index contributed by atoms with van der Waals surface area (Å²) in [5.41, 5.74) is 14.5. The van der Waals surface area contributed by atoms with E-state index in [1.54, 1.807) is 6.92 Å². The van der Waals surface area contributed by atoms with Crippen molar-refractivity contribution < 1.29 is 4.39 Å². The molecule has 0 atom stereocenters. The topological polar surface area (TPSA) is 79.7 Å². The Morgan fingerprint density at radius 1 is 1.36 bits per heavy atom. The molecule has 0 aliphatic heterocycles. The van der Waals surface area contributed by atoms with E-state index in [9.17, 15) is 4.39 Å². The monoisotopic (exact) mass is 305 g/mol. The zero-order valence-electron chi connectivity index (χ0n) is 13.4. The van der Waals surface area contributed by atoms with E-state index < -0.39 is 0 Å². The molecule has 1 aromatic rings. The van der Waals surface area contributed by atoms with Crippen LogP contribution >= 0.6 is 0 Å². The molecule has 0 aliphatic rings. The fraction of sp³-hybridized carbons (Fsp3) is 0.312. The van der Waals surface area contributed by atoms with Gasteiger partial charge in [-0.1, -0.05) is 0 Å². The van der Waals surface area contributed by atoms with Gasteiger partial charge in [-0.3, -0.25) is 4.99 Å². The fourth-order valence-electron chi connectivity index (χ4n) is 1.87. The summed E-state index contributed by atoms with van der Waals surface area (Å²) in [4.78, 5) is 5.63. The smallest absolute Gasteiger partial charge is 0.125 e. The maximum Gasteiger partial charge on any atom is 0.125 e. The van der Waals surface area contributed by atoms with Crippen LogP contribution in [0.5, 0.6) is 0 Å². The molecule has 1 aromatic carbocycles. The van der Waals surface area contributed by atoms with Crippen LogP contribution in [0.3, 0.4) is 0 Å². The number of hydrogen-bond donors (Lipinski definition) is 3. The van der Waals surface area contributed by atoms with Crippen molar-refractivity contribution in [2.24, 2.45) is 16.5 Å². The molecule has 0 saturated carbocycles. The van der Waals surface area contributed by atoms with Crippen LogP contribution in [0.25, 0.3) is 5.57 Å². The van der Waals surface area contributed by atoms with Gasteiger partial charge < -0.3 is 21.7 Å². The van der Waals surface area contributed by atoms with Gasteiger partial charge in [-0.05, 0) is 57.1 Å². The highest BCUT2D eigenvalue weighted by atomic mass is 19.1. The fourth-order valence-corrected chi connectivity index (χ4v) is 1.87. The first-order valence-electron chi connectivity index (χ1n) is 6.93. The lowest BCUT2D eigenvalue weighted by molar-refractivity contribution is 0.425. The van der Waals surface area contributed by atoms with Crippen molar-refractivity contribution >= 4 is 18.0 Å². The molecule has 1 rings (SSSR count). The number of anilines is 1. The van der Waals surface area contributed by atoms with Crippen molar-refractivity contribution in [1.82, 2.24) is 4.90 Å². The molecule has 120 valence electrons. The summed E-state index contributed by atoms with van der Waals surface area (Å²) in [5.74, 6) is -0.332. The van der Waals surface area contributed by atoms with Crippen molar-refractivity contribution in [3.8, 4) is 0 Å². The Morgan fingerprint density at radius 3 is 2.64 bits per heavy atom. The largest absolute Gasteiger partial charge is 0.397 e. The zero-order valence-corrected chi connectivity index (χ0v) is 13.4. The molecule has 0 saturated heterocycles. The lowest BCUT2D eigenvalue weighted by Crippen LogP contribution is -2.20. The summed E-state index contributed by atoms with van der Waals surface area (Å²) in [6, 6.07) is 4.72. The third-order valence-corrected chi connectivity index (χ3v) is 3.16. The van der Waals surface area contributed by atoms with Gasteiger partial charge in [0.2, 0.25) is 0 Å². The highest BCUT2D eigenvalue weighted by Gasteiger charge is 2.07. The third kappa shape index (κ3) is 5.21. The van der Waals surface area contributed by atoms with Gasteiger partial charge >= 0.3 is 0 Å². The normalized spacial score (nSPS) is 13.0. The van der Waals surface area contributed by atoms with Crippen molar-refractivity contribution in [2.75, 3.05) is 32.5 Å². The number of likely N-dealkylation sites (N-methyl/N-ethyl adjacent to an activating group) is 1. The van der Waals surface area contributed by atoms with Crippen LogP contribution in [0.15, 0.2) is 40.8 Å². The van der Waals surface area contributed by atoms with Crippen molar-refractivity contribution in [2.45, 2.75) is 6.92 Å². The Hall–Kier alpha value is -2.34. The van der Waals surface area contributed by atoms with Crippen LogP contribution in [-0.4, -0.2) is 38.8 Å². The Labute approximate surface area is 131 Å². The maximum absolute atomic E-state index is 13.8. The predicted molar refractivity (Wildman–Crippen MR) is 92.0 cm³/mol. The number of halogens is 1. The summed E-state index contributed by atoms with van der Waals surface area (Å²) in [6.45, 7) is 6.69. The van der Waals surface area contributed by atoms with Crippen LogP contribution in [0.4, 0.5) is 10.1 Å². The van der Waals surface area contributed by atoms with Gasteiger partial charge in [-0.25, -0.2) is 4.39 Å². The summed E-state index contributed by atoms with van der Waals surface area (Å²) in [5, 5.41) is 3.19. The highest BCUT2D eigenvalue weighted by molar-refractivity contribution is 5.72. The zero-order chi connectivity index (χ0) is 16.7. The van der Waals surface area contributed by atoms with Crippen LogP contribution in [0.1, 0.15) is 12.5 Å². The van der Waals surface area contributed by atoms with E-state index in [4.69, 9.17) is 11.5 Å². The summed E-state index contributed by atoms with van der Waals surface area (Å²) in [6.07, 6.45) is 1.37. The molecule has 0 unspecified atom stereocenters. The van der Waals surface area contributed by atoms with Crippen molar-refractivity contribution in [3.05, 3.63) is 47.2 Å². The summed E-state index contributed by atoms with van der Waals surface area (Å²) in [7, 11) is 3.96. The molecule has 0 aliphatic carbocycles. The maximum atomic E-state index is 13.8. The molecule has 5 N–H and O–H groups in total. The SMILES string of the molecule is C=N/C=C(N)\C(N)=C(/C)c1cc(F)cc(NCCN(C)C)c1.